The van der Waals surface area contributed by atoms with E-state index in [0.29, 0.717) is 0 Å². The van der Waals surface area contributed by atoms with E-state index in [4.69, 9.17) is 0 Å². The van der Waals surface area contributed by atoms with Crippen molar-refractivity contribution >= 4 is 0 Å². The van der Waals surface area contributed by atoms with E-state index in [1.165, 1.54) is 5.56 Å². The second kappa shape index (κ2) is 9.29. The van der Waals surface area contributed by atoms with Crippen molar-refractivity contribution in [2.24, 2.45) is 0 Å². The zero-order chi connectivity index (χ0) is 12.5. The van der Waals surface area contributed by atoms with Gasteiger partial charge < -0.3 is 0 Å². The van der Waals surface area contributed by atoms with Crippen molar-refractivity contribution in [2.75, 3.05) is 0 Å². The van der Waals surface area contributed by atoms with Gasteiger partial charge in [-0.05, 0) is 17.2 Å². The summed E-state index contributed by atoms with van der Waals surface area (Å²) in [5.41, 5.74) is 2.38. The Kier molecular flexibility index (Phi) is 7.52. The van der Waals surface area contributed by atoms with Crippen molar-refractivity contribution in [3.05, 3.63) is 91.3 Å². The smallest absolute Gasteiger partial charge is 0.264 e. The van der Waals surface area contributed by atoms with E-state index in [1.807, 2.05) is 60.8 Å². The molecule has 3 rings (SSSR count). The van der Waals surface area contributed by atoms with E-state index in [9.17, 15) is 0 Å². The van der Waals surface area contributed by atoms with Gasteiger partial charge in [-0.1, -0.05) is 36.4 Å². The number of hydrogen-bond acceptors (Lipinski definition) is 1. The molecule has 0 aliphatic rings. The SMILES string of the molecule is [Au+].[c-]1ccccc1.c1ccc(-c2cccnc2)cc1. The van der Waals surface area contributed by atoms with Crippen LogP contribution >= 0.6 is 0 Å². The summed E-state index contributed by atoms with van der Waals surface area (Å²) in [4.78, 5) is 4.06. The normalized spacial score (nSPS) is 8.63. The van der Waals surface area contributed by atoms with Gasteiger partial charge in [-0.2, -0.15) is 36.4 Å². The number of rotatable bonds is 1. The van der Waals surface area contributed by atoms with Gasteiger partial charge in [-0.25, -0.2) is 0 Å². The Morgan fingerprint density at radius 1 is 0.684 bits per heavy atom. The Hall–Kier alpha value is -1.67. The van der Waals surface area contributed by atoms with Crippen molar-refractivity contribution in [1.82, 2.24) is 4.98 Å². The number of benzene rings is 2. The summed E-state index contributed by atoms with van der Waals surface area (Å²) in [5, 5.41) is 0. The zero-order valence-corrected chi connectivity index (χ0v) is 12.5. The van der Waals surface area contributed by atoms with Crippen LogP contribution in [-0.2, 0) is 22.4 Å². The van der Waals surface area contributed by atoms with Crippen LogP contribution in [0.2, 0.25) is 0 Å². The van der Waals surface area contributed by atoms with E-state index < -0.39 is 0 Å². The average molecular weight is 429 g/mol. The number of pyridine rings is 1. The van der Waals surface area contributed by atoms with Crippen molar-refractivity contribution in [3.63, 3.8) is 0 Å². The Balaban J connectivity index is 0.000000220. The molecule has 19 heavy (non-hydrogen) atoms. The first kappa shape index (κ1) is 15.4. The summed E-state index contributed by atoms with van der Waals surface area (Å²) in [7, 11) is 0. The molecule has 3 aromatic rings. The molecule has 0 amide bonds. The van der Waals surface area contributed by atoms with Gasteiger partial charge in [-0.15, -0.1) is 0 Å². The maximum absolute atomic E-state index is 4.06. The third kappa shape index (κ3) is 5.67. The quantitative estimate of drug-likeness (QED) is 0.417. The molecule has 98 valence electrons. The van der Waals surface area contributed by atoms with E-state index in [0.717, 1.165) is 5.56 Å². The molecule has 0 fully saturated rings. The van der Waals surface area contributed by atoms with E-state index >= 15 is 0 Å². The summed E-state index contributed by atoms with van der Waals surface area (Å²) < 4.78 is 0. The molecule has 1 aromatic heterocycles. The average Bonchev–Trinajstić information content (AvgIpc) is 2.51. The van der Waals surface area contributed by atoms with Crippen LogP contribution in [0.4, 0.5) is 0 Å². The number of hydrogen-bond donors (Lipinski definition) is 0. The van der Waals surface area contributed by atoms with Gasteiger partial charge in [0.2, 0.25) is 0 Å². The topological polar surface area (TPSA) is 12.9 Å². The molecule has 0 N–H and O–H groups in total. The van der Waals surface area contributed by atoms with Gasteiger partial charge in [0.15, 0.2) is 0 Å². The van der Waals surface area contributed by atoms with Gasteiger partial charge in [0, 0.05) is 12.4 Å². The maximum Gasteiger partial charge on any atom is 1.00 e. The molecule has 0 radical (unpaired) electrons. The van der Waals surface area contributed by atoms with Crippen LogP contribution in [-0.4, -0.2) is 4.98 Å². The van der Waals surface area contributed by atoms with E-state index in [2.05, 4.69) is 29.2 Å². The van der Waals surface area contributed by atoms with Gasteiger partial charge in [0.05, 0.1) is 0 Å². The second-order valence-corrected chi connectivity index (χ2v) is 3.69. The van der Waals surface area contributed by atoms with Crippen LogP contribution in [0.5, 0.6) is 0 Å². The van der Waals surface area contributed by atoms with Crippen molar-refractivity contribution in [2.45, 2.75) is 0 Å². The van der Waals surface area contributed by atoms with Crippen LogP contribution in [0.1, 0.15) is 0 Å². The Morgan fingerprint density at radius 2 is 1.32 bits per heavy atom. The predicted molar refractivity (Wildman–Crippen MR) is 75.0 cm³/mol. The van der Waals surface area contributed by atoms with E-state index in [1.54, 1.807) is 6.20 Å². The van der Waals surface area contributed by atoms with Crippen molar-refractivity contribution in [1.29, 1.82) is 0 Å². The largest absolute Gasteiger partial charge is 1.00 e. The fourth-order valence-electron chi connectivity index (χ4n) is 1.51. The molecule has 0 bridgehead atoms. The molecule has 2 aromatic carbocycles. The molecular weight excluding hydrogens is 415 g/mol. The molecule has 0 aliphatic heterocycles. The molecule has 0 aliphatic carbocycles. The minimum atomic E-state index is 0. The third-order valence-corrected chi connectivity index (χ3v) is 2.38. The van der Waals surface area contributed by atoms with Gasteiger partial charge in [0.25, 0.3) is 0 Å². The Morgan fingerprint density at radius 3 is 1.79 bits per heavy atom. The van der Waals surface area contributed by atoms with Gasteiger partial charge in [0.1, 0.15) is 0 Å². The number of nitrogens with zero attached hydrogens (tertiary/aromatic N) is 1. The molecule has 2 heteroatoms. The molecule has 0 saturated carbocycles. The van der Waals surface area contributed by atoms with Crippen LogP contribution in [0, 0.1) is 6.07 Å². The second-order valence-electron chi connectivity index (χ2n) is 3.69. The standard InChI is InChI=1S/C11H9N.C6H5.Au/c1-2-5-10(6-3-1)11-7-4-8-12-9-11;1-2-4-6-5-3-1;/h1-9H;1-5H;/q;-1;+1. The Bertz CT molecular complexity index is 474. The van der Waals surface area contributed by atoms with Gasteiger partial charge >= 0.3 is 22.4 Å². The first-order chi connectivity index (χ1) is 8.97. The molecule has 0 saturated heterocycles. The van der Waals surface area contributed by atoms with Crippen LogP contribution in [0.15, 0.2) is 85.2 Å². The van der Waals surface area contributed by atoms with Crippen LogP contribution in [0.3, 0.4) is 0 Å². The van der Waals surface area contributed by atoms with E-state index in [-0.39, 0.29) is 22.4 Å². The fraction of sp³-hybridized carbons (Fsp3) is 0. The molecular formula is C17H14AuN. The molecule has 0 unspecified atom stereocenters. The summed E-state index contributed by atoms with van der Waals surface area (Å²) in [6.07, 6.45) is 3.65. The first-order valence-electron chi connectivity index (χ1n) is 5.83. The summed E-state index contributed by atoms with van der Waals surface area (Å²) >= 11 is 0. The minimum absolute atomic E-state index is 0. The third-order valence-electron chi connectivity index (χ3n) is 2.38. The molecule has 1 heterocycles. The minimum Gasteiger partial charge on any atom is -0.264 e. The van der Waals surface area contributed by atoms with Crippen LogP contribution in [0.25, 0.3) is 11.1 Å². The molecule has 0 atom stereocenters. The van der Waals surface area contributed by atoms with Crippen molar-refractivity contribution in [3.8, 4) is 11.1 Å². The molecule has 1 nitrogen and oxygen atoms in total. The monoisotopic (exact) mass is 429 g/mol. The summed E-state index contributed by atoms with van der Waals surface area (Å²) in [5.74, 6) is 0. The predicted octanol–water partition coefficient (Wildman–Crippen LogP) is 4.23. The first-order valence-corrected chi connectivity index (χ1v) is 5.83. The summed E-state index contributed by atoms with van der Waals surface area (Å²) in [6.45, 7) is 0. The summed E-state index contributed by atoms with van der Waals surface area (Å²) in [6, 6.07) is 26.7. The van der Waals surface area contributed by atoms with Crippen LogP contribution < -0.4 is 0 Å². The van der Waals surface area contributed by atoms with Crippen molar-refractivity contribution < 1.29 is 22.4 Å². The maximum atomic E-state index is 4.06. The number of aromatic nitrogens is 1. The fourth-order valence-corrected chi connectivity index (χ4v) is 1.51. The van der Waals surface area contributed by atoms with Gasteiger partial charge in [-0.3, -0.25) is 4.98 Å². The zero-order valence-electron chi connectivity index (χ0n) is 10.3. The Labute approximate surface area is 129 Å². The molecule has 0 spiro atoms.